The molecule has 0 unspecified atom stereocenters. The van der Waals surface area contributed by atoms with E-state index < -0.39 is 0 Å². The highest BCUT2D eigenvalue weighted by Gasteiger charge is 2.13. The number of allylic oxidation sites excluding steroid dienone is 1. The van der Waals surface area contributed by atoms with Gasteiger partial charge in [0.15, 0.2) is 16.6 Å². The number of hydrogen-bond acceptors (Lipinski definition) is 4. The highest BCUT2D eigenvalue weighted by atomic mass is 32.1. The average Bonchev–Trinajstić information content (AvgIpc) is 2.69. The number of thiocarbonyl (C=S) groups is 1. The molecule has 2 N–H and O–H groups in total. The summed E-state index contributed by atoms with van der Waals surface area (Å²) in [6, 6.07) is 10.0. The van der Waals surface area contributed by atoms with Gasteiger partial charge < -0.3 is 14.8 Å². The monoisotopic (exact) mass is 415 g/mol. The second-order valence-corrected chi connectivity index (χ2v) is 6.49. The van der Waals surface area contributed by atoms with Crippen LogP contribution in [0.3, 0.4) is 0 Å². The first-order valence-corrected chi connectivity index (χ1v) is 9.82. The normalized spacial score (nSPS) is 10.6. The molecule has 0 atom stereocenters. The first-order chi connectivity index (χ1) is 14.1. The SMILES string of the molecule is C=CCc1cc(C=NNC(=S)NCC)cc(OCC)c1OCc1ccc(F)cc1. The van der Waals surface area contributed by atoms with Gasteiger partial charge in [0.25, 0.3) is 0 Å². The Hall–Kier alpha value is -2.93. The van der Waals surface area contributed by atoms with Crippen LogP contribution in [0.4, 0.5) is 4.39 Å². The molecule has 0 radical (unpaired) electrons. The summed E-state index contributed by atoms with van der Waals surface area (Å²) in [5.74, 6) is 0.982. The Balaban J connectivity index is 2.25. The topological polar surface area (TPSA) is 54.9 Å². The fourth-order valence-corrected chi connectivity index (χ4v) is 2.79. The van der Waals surface area contributed by atoms with Crippen LogP contribution in [0.5, 0.6) is 11.5 Å². The molecule has 2 rings (SSSR count). The molecule has 0 bridgehead atoms. The quantitative estimate of drug-likeness (QED) is 0.262. The molecule has 0 amide bonds. The van der Waals surface area contributed by atoms with Crippen molar-refractivity contribution in [3.05, 3.63) is 71.6 Å². The number of rotatable bonds is 10. The molecule has 0 aliphatic carbocycles. The van der Waals surface area contributed by atoms with Crippen LogP contribution in [0.15, 0.2) is 54.2 Å². The van der Waals surface area contributed by atoms with Crippen molar-refractivity contribution in [3.8, 4) is 11.5 Å². The summed E-state index contributed by atoms with van der Waals surface area (Å²) in [4.78, 5) is 0. The molecule has 5 nitrogen and oxygen atoms in total. The lowest BCUT2D eigenvalue weighted by Crippen LogP contribution is -2.31. The van der Waals surface area contributed by atoms with Crippen molar-refractivity contribution < 1.29 is 13.9 Å². The Kier molecular flexibility index (Phi) is 9.11. The van der Waals surface area contributed by atoms with Crippen LogP contribution in [-0.2, 0) is 13.0 Å². The van der Waals surface area contributed by atoms with Crippen LogP contribution >= 0.6 is 12.2 Å². The lowest BCUT2D eigenvalue weighted by molar-refractivity contribution is 0.267. The Morgan fingerprint density at radius 2 is 1.97 bits per heavy atom. The molecule has 29 heavy (non-hydrogen) atoms. The van der Waals surface area contributed by atoms with Crippen molar-refractivity contribution in [2.24, 2.45) is 5.10 Å². The molecule has 0 aromatic heterocycles. The summed E-state index contributed by atoms with van der Waals surface area (Å²) in [5, 5.41) is 7.58. The van der Waals surface area contributed by atoms with Gasteiger partial charge in [0.2, 0.25) is 0 Å². The van der Waals surface area contributed by atoms with Gasteiger partial charge in [-0.05, 0) is 67.9 Å². The zero-order chi connectivity index (χ0) is 21.1. The maximum absolute atomic E-state index is 13.1. The summed E-state index contributed by atoms with van der Waals surface area (Å²) in [5.41, 5.74) is 5.39. The molecule has 0 spiro atoms. The molecule has 154 valence electrons. The van der Waals surface area contributed by atoms with E-state index in [4.69, 9.17) is 21.7 Å². The van der Waals surface area contributed by atoms with E-state index in [0.29, 0.717) is 36.2 Å². The molecule has 0 fully saturated rings. The molecule has 0 aliphatic heterocycles. The minimum Gasteiger partial charge on any atom is -0.490 e. The van der Waals surface area contributed by atoms with Crippen LogP contribution in [0.25, 0.3) is 0 Å². The zero-order valence-electron chi connectivity index (χ0n) is 16.7. The van der Waals surface area contributed by atoms with Crippen LogP contribution in [0, 0.1) is 5.82 Å². The van der Waals surface area contributed by atoms with Gasteiger partial charge in [0, 0.05) is 12.1 Å². The molecule has 2 aromatic rings. The third-order valence-corrected chi connectivity index (χ3v) is 4.07. The van der Waals surface area contributed by atoms with Crippen molar-refractivity contribution in [2.45, 2.75) is 26.9 Å². The largest absolute Gasteiger partial charge is 0.490 e. The van der Waals surface area contributed by atoms with Gasteiger partial charge >= 0.3 is 0 Å². The Bertz CT molecular complexity index is 854. The fourth-order valence-electron chi connectivity index (χ4n) is 2.59. The smallest absolute Gasteiger partial charge is 0.186 e. The van der Waals surface area contributed by atoms with E-state index >= 15 is 0 Å². The maximum atomic E-state index is 13.1. The van der Waals surface area contributed by atoms with Gasteiger partial charge in [0.1, 0.15) is 12.4 Å². The van der Waals surface area contributed by atoms with Crippen molar-refractivity contribution in [1.82, 2.24) is 10.7 Å². The molecule has 0 saturated heterocycles. The number of nitrogens with one attached hydrogen (secondary N) is 2. The number of hydrogen-bond donors (Lipinski definition) is 2. The first-order valence-electron chi connectivity index (χ1n) is 9.42. The summed E-state index contributed by atoms with van der Waals surface area (Å²) in [6.07, 6.45) is 4.07. The van der Waals surface area contributed by atoms with E-state index in [0.717, 1.165) is 23.2 Å². The minimum absolute atomic E-state index is 0.276. The van der Waals surface area contributed by atoms with E-state index in [-0.39, 0.29) is 5.82 Å². The number of ether oxygens (including phenoxy) is 2. The van der Waals surface area contributed by atoms with Gasteiger partial charge in [-0.3, -0.25) is 5.43 Å². The number of benzene rings is 2. The van der Waals surface area contributed by atoms with Crippen LogP contribution < -0.4 is 20.2 Å². The van der Waals surface area contributed by atoms with Gasteiger partial charge in [0.05, 0.1) is 12.8 Å². The van der Waals surface area contributed by atoms with E-state index in [2.05, 4.69) is 22.4 Å². The Labute approximate surface area is 176 Å². The highest BCUT2D eigenvalue weighted by molar-refractivity contribution is 7.80. The van der Waals surface area contributed by atoms with E-state index in [1.54, 1.807) is 24.4 Å². The second-order valence-electron chi connectivity index (χ2n) is 6.08. The van der Waals surface area contributed by atoms with E-state index in [1.807, 2.05) is 26.0 Å². The number of nitrogens with zero attached hydrogens (tertiary/aromatic N) is 1. The fraction of sp³-hybridized carbons (Fsp3) is 0.273. The van der Waals surface area contributed by atoms with Gasteiger partial charge in [-0.25, -0.2) is 4.39 Å². The average molecular weight is 416 g/mol. The van der Waals surface area contributed by atoms with Crippen molar-refractivity contribution in [2.75, 3.05) is 13.2 Å². The lowest BCUT2D eigenvalue weighted by atomic mass is 10.1. The molecular formula is C22H26FN3O2S. The van der Waals surface area contributed by atoms with Crippen molar-refractivity contribution in [3.63, 3.8) is 0 Å². The van der Waals surface area contributed by atoms with Crippen LogP contribution in [0.2, 0.25) is 0 Å². The third-order valence-electron chi connectivity index (χ3n) is 3.83. The van der Waals surface area contributed by atoms with Crippen molar-refractivity contribution in [1.29, 1.82) is 0 Å². The predicted molar refractivity (Wildman–Crippen MR) is 119 cm³/mol. The Morgan fingerprint density at radius 3 is 2.62 bits per heavy atom. The van der Waals surface area contributed by atoms with Gasteiger partial charge in [-0.15, -0.1) is 6.58 Å². The summed E-state index contributed by atoms with van der Waals surface area (Å²) < 4.78 is 25.0. The van der Waals surface area contributed by atoms with E-state index in [1.165, 1.54) is 12.1 Å². The minimum atomic E-state index is -0.276. The molecular weight excluding hydrogens is 389 g/mol. The standard InChI is InChI=1S/C22H26FN3O2S/c1-4-7-18-12-17(14-25-26-22(29)24-5-2)13-20(27-6-3)21(18)28-15-16-8-10-19(23)11-9-16/h4,8-14H,1,5-7,15H2,2-3H3,(H2,24,26,29). The summed E-state index contributed by atoms with van der Waals surface area (Å²) >= 11 is 5.10. The van der Waals surface area contributed by atoms with Gasteiger partial charge in [-0.1, -0.05) is 18.2 Å². The van der Waals surface area contributed by atoms with Crippen molar-refractivity contribution >= 4 is 23.5 Å². The first kappa shape index (κ1) is 22.4. The third kappa shape index (κ3) is 7.19. The summed E-state index contributed by atoms with van der Waals surface area (Å²) in [7, 11) is 0. The molecule has 0 aliphatic rings. The number of hydrazone groups is 1. The molecule has 0 heterocycles. The highest BCUT2D eigenvalue weighted by Crippen LogP contribution is 2.34. The second kappa shape index (κ2) is 11.8. The zero-order valence-corrected chi connectivity index (χ0v) is 17.5. The molecule has 2 aromatic carbocycles. The van der Waals surface area contributed by atoms with Crippen LogP contribution in [0.1, 0.15) is 30.5 Å². The van der Waals surface area contributed by atoms with E-state index in [9.17, 15) is 4.39 Å². The molecule has 0 saturated carbocycles. The predicted octanol–water partition coefficient (Wildman–Crippen LogP) is 4.35. The summed E-state index contributed by atoms with van der Waals surface area (Å²) in [6.45, 7) is 9.21. The maximum Gasteiger partial charge on any atom is 0.186 e. The Morgan fingerprint density at radius 1 is 1.21 bits per heavy atom. The van der Waals surface area contributed by atoms with Gasteiger partial charge in [-0.2, -0.15) is 5.10 Å². The van der Waals surface area contributed by atoms with Crippen LogP contribution in [-0.4, -0.2) is 24.5 Å². The number of halogens is 1. The molecule has 7 heteroatoms. The lowest BCUT2D eigenvalue weighted by Gasteiger charge is -2.17.